The first-order valence-corrected chi connectivity index (χ1v) is 15.5. The largest absolute Gasteiger partial charge is 0.305 e. The van der Waals surface area contributed by atoms with Gasteiger partial charge in [0.05, 0.1) is 0 Å². The Morgan fingerprint density at radius 3 is 2.23 bits per heavy atom. The molecule has 1 aliphatic carbocycles. The Hall–Kier alpha value is -3.39. The van der Waals surface area contributed by atoms with Crippen LogP contribution in [0.3, 0.4) is 0 Å². The number of hydrogen-bond donors (Lipinski definition) is 0. The molecule has 43 heavy (non-hydrogen) atoms. The summed E-state index contributed by atoms with van der Waals surface area (Å²) in [6.45, 7) is 6.59. The molecule has 1 radical (unpaired) electrons. The van der Waals surface area contributed by atoms with Crippen molar-refractivity contribution in [3.05, 3.63) is 143 Å². The third kappa shape index (κ3) is 9.55. The van der Waals surface area contributed by atoms with Gasteiger partial charge in [-0.3, -0.25) is 0 Å². The molecular formula is C40H42IrN2-2. The predicted molar refractivity (Wildman–Crippen MR) is 175 cm³/mol. The minimum Gasteiger partial charge on any atom is -0.305 e. The van der Waals surface area contributed by atoms with Crippen LogP contribution in [0.1, 0.15) is 79.7 Å². The molecule has 0 spiro atoms. The van der Waals surface area contributed by atoms with Crippen molar-refractivity contribution in [1.82, 2.24) is 9.97 Å². The van der Waals surface area contributed by atoms with E-state index in [0.29, 0.717) is 5.92 Å². The zero-order valence-corrected chi connectivity index (χ0v) is 28.0. The molecule has 1 fully saturated rings. The quantitative estimate of drug-likeness (QED) is 0.155. The zero-order valence-electron chi connectivity index (χ0n) is 25.6. The van der Waals surface area contributed by atoms with E-state index in [1.165, 1.54) is 66.3 Å². The van der Waals surface area contributed by atoms with Crippen molar-refractivity contribution >= 4 is 0 Å². The Kier molecular flexibility index (Phi) is 12.4. The first-order chi connectivity index (χ1) is 20.5. The van der Waals surface area contributed by atoms with Crippen LogP contribution in [0.15, 0.2) is 103 Å². The molecule has 223 valence electrons. The summed E-state index contributed by atoms with van der Waals surface area (Å²) in [5, 5.41) is 0. The normalized spacial score (nSPS) is 13.1. The van der Waals surface area contributed by atoms with Crippen molar-refractivity contribution in [1.29, 1.82) is 0 Å². The predicted octanol–water partition coefficient (Wildman–Crippen LogP) is 10.2. The summed E-state index contributed by atoms with van der Waals surface area (Å²) in [4.78, 5) is 9.08. The Morgan fingerprint density at radius 1 is 0.744 bits per heavy atom. The second-order valence-corrected chi connectivity index (χ2v) is 11.9. The van der Waals surface area contributed by atoms with E-state index >= 15 is 0 Å². The molecule has 3 heteroatoms. The van der Waals surface area contributed by atoms with Crippen LogP contribution in [0.2, 0.25) is 0 Å². The molecule has 2 heterocycles. The molecule has 0 unspecified atom stereocenters. The van der Waals surface area contributed by atoms with Crippen LogP contribution in [0.5, 0.6) is 0 Å². The number of aryl methyl sites for hydroxylation is 1. The van der Waals surface area contributed by atoms with Crippen LogP contribution in [-0.2, 0) is 32.9 Å². The maximum Gasteiger partial charge on any atom is 0.0192 e. The number of aromatic nitrogens is 2. The van der Waals surface area contributed by atoms with E-state index in [0.717, 1.165) is 34.9 Å². The number of pyridine rings is 2. The second kappa shape index (κ2) is 16.5. The number of rotatable bonds is 7. The van der Waals surface area contributed by atoms with Crippen LogP contribution in [0.25, 0.3) is 22.5 Å². The Balaban J connectivity index is 0.000000193. The van der Waals surface area contributed by atoms with Gasteiger partial charge in [0, 0.05) is 32.5 Å². The molecule has 1 aliphatic rings. The van der Waals surface area contributed by atoms with Crippen molar-refractivity contribution in [2.24, 2.45) is 5.92 Å². The molecule has 5 aromatic rings. The molecule has 3 aromatic carbocycles. The van der Waals surface area contributed by atoms with Gasteiger partial charge in [-0.05, 0) is 60.2 Å². The van der Waals surface area contributed by atoms with Crippen molar-refractivity contribution < 1.29 is 20.1 Å². The maximum absolute atomic E-state index is 4.57. The number of benzene rings is 3. The van der Waals surface area contributed by atoms with Gasteiger partial charge in [-0.2, -0.15) is 0 Å². The minimum absolute atomic E-state index is 0. The Bertz CT molecular complexity index is 1540. The summed E-state index contributed by atoms with van der Waals surface area (Å²) < 4.78 is 0. The molecule has 0 amide bonds. The minimum atomic E-state index is 0. The summed E-state index contributed by atoms with van der Waals surface area (Å²) in [6.07, 6.45) is 13.1. The van der Waals surface area contributed by atoms with E-state index in [-0.39, 0.29) is 20.1 Å². The number of hydrogen-bond acceptors (Lipinski definition) is 2. The van der Waals surface area contributed by atoms with Gasteiger partial charge in [-0.1, -0.05) is 99.5 Å². The molecule has 6 rings (SSSR count). The van der Waals surface area contributed by atoms with Gasteiger partial charge in [0.25, 0.3) is 0 Å². The van der Waals surface area contributed by atoms with Crippen LogP contribution in [0, 0.1) is 25.0 Å². The van der Waals surface area contributed by atoms with Gasteiger partial charge in [0.2, 0.25) is 0 Å². The van der Waals surface area contributed by atoms with Gasteiger partial charge in [0.1, 0.15) is 0 Å². The Labute approximate surface area is 272 Å². The van der Waals surface area contributed by atoms with Gasteiger partial charge >= 0.3 is 0 Å². The van der Waals surface area contributed by atoms with Crippen molar-refractivity contribution in [2.45, 2.75) is 71.6 Å². The summed E-state index contributed by atoms with van der Waals surface area (Å²) in [6, 6.07) is 38.1. The molecule has 2 nitrogen and oxygen atoms in total. The first kappa shape index (κ1) is 32.5. The van der Waals surface area contributed by atoms with E-state index < -0.39 is 0 Å². The molecule has 0 atom stereocenters. The van der Waals surface area contributed by atoms with E-state index in [2.05, 4.69) is 110 Å². The van der Waals surface area contributed by atoms with Gasteiger partial charge in [-0.25, -0.2) is 0 Å². The standard InChI is InChI=1S/C21H20N.C19H22N.Ir/c1-16(2)19-11-12-22-21(15-19)20-10-6-9-18(14-20)13-17-7-4-3-5-8-17;1-15-14-20-19(17-10-6-3-7-11-17)13-18(15)12-16-8-4-2-5-9-16;/h3-9,11-12,14-16H,13H2,1-2H3;3,6-7,10,13-14,16H,2,4-5,8-9,12H2,1H3;/q2*-1;. The molecule has 0 bridgehead atoms. The molecule has 1 saturated carbocycles. The average Bonchev–Trinajstić information content (AvgIpc) is 3.04. The van der Waals surface area contributed by atoms with E-state index in [9.17, 15) is 0 Å². The van der Waals surface area contributed by atoms with Crippen LogP contribution in [-0.4, -0.2) is 9.97 Å². The fourth-order valence-electron chi connectivity index (χ4n) is 5.74. The second-order valence-electron chi connectivity index (χ2n) is 11.9. The fourth-order valence-corrected chi connectivity index (χ4v) is 5.74. The van der Waals surface area contributed by atoms with Crippen molar-refractivity contribution in [3.8, 4) is 22.5 Å². The van der Waals surface area contributed by atoms with E-state index in [4.69, 9.17) is 0 Å². The summed E-state index contributed by atoms with van der Waals surface area (Å²) in [5.74, 6) is 1.38. The monoisotopic (exact) mass is 743 g/mol. The third-order valence-corrected chi connectivity index (χ3v) is 8.28. The molecule has 2 aromatic heterocycles. The van der Waals surface area contributed by atoms with Crippen molar-refractivity contribution in [2.75, 3.05) is 0 Å². The first-order valence-electron chi connectivity index (χ1n) is 15.5. The van der Waals surface area contributed by atoms with Gasteiger partial charge in [-0.15, -0.1) is 71.3 Å². The molecule has 0 N–H and O–H groups in total. The zero-order chi connectivity index (χ0) is 29.1. The third-order valence-electron chi connectivity index (χ3n) is 8.28. The van der Waals surface area contributed by atoms with Crippen LogP contribution in [0.4, 0.5) is 0 Å². The van der Waals surface area contributed by atoms with Gasteiger partial charge in [0.15, 0.2) is 0 Å². The summed E-state index contributed by atoms with van der Waals surface area (Å²) >= 11 is 0. The SMILES string of the molecule is CC(C)c1ccnc(-c2[c-]ccc(Cc3ccccc3)c2)c1.Cc1cnc(-c2[c-]cccc2)cc1CC1CCCCC1.[Ir]. The average molecular weight is 743 g/mol. The Morgan fingerprint density at radius 2 is 1.49 bits per heavy atom. The summed E-state index contributed by atoms with van der Waals surface area (Å²) in [5.41, 5.74) is 10.9. The van der Waals surface area contributed by atoms with E-state index in [1.54, 1.807) is 0 Å². The van der Waals surface area contributed by atoms with Gasteiger partial charge < -0.3 is 9.97 Å². The topological polar surface area (TPSA) is 25.8 Å². The molecule has 0 aliphatic heterocycles. The molecule has 0 saturated heterocycles. The molecular weight excluding hydrogens is 701 g/mol. The van der Waals surface area contributed by atoms with E-state index in [1.807, 2.05) is 36.7 Å². The van der Waals surface area contributed by atoms with Crippen LogP contribution >= 0.6 is 0 Å². The van der Waals surface area contributed by atoms with Crippen molar-refractivity contribution in [3.63, 3.8) is 0 Å². The van der Waals surface area contributed by atoms with Crippen LogP contribution < -0.4 is 0 Å². The fraction of sp³-hybridized carbons (Fsp3) is 0.300. The summed E-state index contributed by atoms with van der Waals surface area (Å²) in [7, 11) is 0. The number of nitrogens with zero attached hydrogens (tertiary/aromatic N) is 2. The maximum atomic E-state index is 4.57. The smallest absolute Gasteiger partial charge is 0.0192 e.